The third-order valence-electron chi connectivity index (χ3n) is 4.18. The number of H-pyrrole nitrogens is 1. The maximum atomic E-state index is 6.08. The van der Waals surface area contributed by atoms with Gasteiger partial charge >= 0.3 is 0 Å². The highest BCUT2D eigenvalue weighted by molar-refractivity contribution is 9.10. The van der Waals surface area contributed by atoms with E-state index in [0.29, 0.717) is 0 Å². The minimum Gasteiger partial charge on any atom is -0.367 e. The van der Waals surface area contributed by atoms with Gasteiger partial charge in [-0.25, -0.2) is 0 Å². The molecule has 4 rings (SSSR count). The summed E-state index contributed by atoms with van der Waals surface area (Å²) in [6.45, 7) is 2.87. The molecule has 2 heterocycles. The average Bonchev–Trinajstić information content (AvgIpc) is 2.86. The molecule has 0 bridgehead atoms. The van der Waals surface area contributed by atoms with Gasteiger partial charge in [-0.05, 0) is 36.6 Å². The monoisotopic (exact) mass is 341 g/mol. The molecule has 106 valence electrons. The van der Waals surface area contributed by atoms with E-state index in [4.69, 9.17) is 4.74 Å². The lowest BCUT2D eigenvalue weighted by molar-refractivity contribution is 0.0673. The molecule has 3 heteroatoms. The topological polar surface area (TPSA) is 25.0 Å². The van der Waals surface area contributed by atoms with Crippen LogP contribution in [0.25, 0.3) is 10.9 Å². The molecule has 3 aromatic rings. The average molecular weight is 342 g/mol. The number of benzene rings is 2. The van der Waals surface area contributed by atoms with E-state index >= 15 is 0 Å². The zero-order chi connectivity index (χ0) is 14.4. The van der Waals surface area contributed by atoms with E-state index in [0.717, 1.165) is 17.5 Å². The number of para-hydroxylation sites is 1. The van der Waals surface area contributed by atoms with Gasteiger partial charge in [-0.1, -0.05) is 46.3 Å². The molecule has 2 aromatic carbocycles. The molecule has 0 radical (unpaired) electrons. The van der Waals surface area contributed by atoms with Gasteiger partial charge in [0.1, 0.15) is 6.10 Å². The number of aromatic amines is 1. The van der Waals surface area contributed by atoms with Gasteiger partial charge in [0, 0.05) is 20.9 Å². The molecule has 0 amide bonds. The molecule has 0 spiro atoms. The molecule has 1 unspecified atom stereocenters. The molecule has 1 aromatic heterocycles. The molecule has 2 nitrogen and oxygen atoms in total. The summed E-state index contributed by atoms with van der Waals surface area (Å²) in [6.07, 6.45) is 0.954. The quantitative estimate of drug-likeness (QED) is 0.668. The zero-order valence-electron chi connectivity index (χ0n) is 11.8. The van der Waals surface area contributed by atoms with Crippen molar-refractivity contribution in [3.8, 4) is 0 Å². The van der Waals surface area contributed by atoms with Crippen LogP contribution in [0.2, 0.25) is 0 Å². The highest BCUT2D eigenvalue weighted by Crippen LogP contribution is 2.39. The summed E-state index contributed by atoms with van der Waals surface area (Å²) in [6, 6.07) is 14.9. The third kappa shape index (κ3) is 2.12. The highest BCUT2D eigenvalue weighted by Gasteiger charge is 2.27. The van der Waals surface area contributed by atoms with Crippen molar-refractivity contribution in [3.05, 3.63) is 69.3 Å². The smallest absolute Gasteiger partial charge is 0.124 e. The van der Waals surface area contributed by atoms with E-state index in [9.17, 15) is 0 Å². The van der Waals surface area contributed by atoms with Crippen molar-refractivity contribution in [1.29, 1.82) is 0 Å². The zero-order valence-corrected chi connectivity index (χ0v) is 13.4. The van der Waals surface area contributed by atoms with Crippen LogP contribution in [0.3, 0.4) is 0 Å². The maximum Gasteiger partial charge on any atom is 0.124 e. The number of halogens is 1. The fraction of sp³-hybridized carbons (Fsp3) is 0.222. The summed E-state index contributed by atoms with van der Waals surface area (Å²) in [5.41, 5.74) is 6.23. The summed E-state index contributed by atoms with van der Waals surface area (Å²) in [5.74, 6) is 0. The fourth-order valence-electron chi connectivity index (χ4n) is 3.17. The van der Waals surface area contributed by atoms with Crippen molar-refractivity contribution in [1.82, 2.24) is 4.98 Å². The van der Waals surface area contributed by atoms with Gasteiger partial charge in [-0.2, -0.15) is 0 Å². The first kappa shape index (κ1) is 13.1. The van der Waals surface area contributed by atoms with Crippen molar-refractivity contribution in [2.75, 3.05) is 6.61 Å². The van der Waals surface area contributed by atoms with Crippen molar-refractivity contribution >= 4 is 26.8 Å². The van der Waals surface area contributed by atoms with E-state index in [2.05, 4.69) is 70.3 Å². The Morgan fingerprint density at radius 2 is 2.05 bits per heavy atom. The van der Waals surface area contributed by atoms with Gasteiger partial charge in [0.15, 0.2) is 0 Å². The second-order valence-electron chi connectivity index (χ2n) is 5.59. The van der Waals surface area contributed by atoms with E-state index in [1.165, 1.54) is 33.3 Å². The normalized spacial score (nSPS) is 17.9. The summed E-state index contributed by atoms with van der Waals surface area (Å²) < 4.78 is 7.19. The minimum absolute atomic E-state index is 0.0175. The molecular formula is C18H16BrNO. The summed E-state index contributed by atoms with van der Waals surface area (Å²) in [7, 11) is 0. The number of fused-ring (bicyclic) bond motifs is 3. The third-order valence-corrected chi connectivity index (χ3v) is 4.87. The maximum absolute atomic E-state index is 6.08. The molecule has 1 N–H and O–H groups in total. The number of hydrogen-bond donors (Lipinski definition) is 1. The van der Waals surface area contributed by atoms with Crippen molar-refractivity contribution in [3.63, 3.8) is 0 Å². The molecular weight excluding hydrogens is 326 g/mol. The van der Waals surface area contributed by atoms with Crippen LogP contribution in [0, 0.1) is 6.92 Å². The Hall–Kier alpha value is -1.58. The second-order valence-corrected chi connectivity index (χ2v) is 6.44. The molecule has 0 fully saturated rings. The fourth-order valence-corrected chi connectivity index (χ4v) is 3.87. The van der Waals surface area contributed by atoms with Crippen molar-refractivity contribution < 1.29 is 4.74 Å². The summed E-state index contributed by atoms with van der Waals surface area (Å²) >= 11 is 3.68. The van der Waals surface area contributed by atoms with Crippen LogP contribution >= 0.6 is 15.9 Å². The van der Waals surface area contributed by atoms with Crippen LogP contribution in [0.15, 0.2) is 46.9 Å². The lowest BCUT2D eigenvalue weighted by Gasteiger charge is -2.25. The number of aryl methyl sites for hydroxylation is 1. The lowest BCUT2D eigenvalue weighted by atomic mass is 9.97. The number of ether oxygens (including phenoxy) is 1. The Balaban J connectivity index is 1.90. The van der Waals surface area contributed by atoms with Crippen LogP contribution in [-0.2, 0) is 11.2 Å². The molecule has 0 saturated heterocycles. The highest BCUT2D eigenvalue weighted by atomic mass is 79.9. The Bertz CT molecular complexity index is 821. The first-order valence-electron chi connectivity index (χ1n) is 7.21. The molecule has 1 aliphatic heterocycles. The lowest BCUT2D eigenvalue weighted by Crippen LogP contribution is -2.17. The Kier molecular flexibility index (Phi) is 3.12. The number of hydrogen-bond acceptors (Lipinski definition) is 1. The van der Waals surface area contributed by atoms with E-state index in [1.807, 2.05) is 0 Å². The molecule has 1 aliphatic rings. The number of rotatable bonds is 1. The van der Waals surface area contributed by atoms with Gasteiger partial charge in [0.2, 0.25) is 0 Å². The first-order valence-corrected chi connectivity index (χ1v) is 8.00. The van der Waals surface area contributed by atoms with Gasteiger partial charge < -0.3 is 9.72 Å². The minimum atomic E-state index is -0.0175. The Labute approximate surface area is 132 Å². The van der Waals surface area contributed by atoms with Gasteiger partial charge in [-0.3, -0.25) is 0 Å². The van der Waals surface area contributed by atoms with Crippen molar-refractivity contribution in [2.45, 2.75) is 19.4 Å². The van der Waals surface area contributed by atoms with Crippen LogP contribution in [0.4, 0.5) is 0 Å². The van der Waals surface area contributed by atoms with Crippen molar-refractivity contribution in [2.24, 2.45) is 0 Å². The van der Waals surface area contributed by atoms with Crippen LogP contribution in [-0.4, -0.2) is 11.6 Å². The second kappa shape index (κ2) is 5.00. The predicted octanol–water partition coefficient (Wildman–Crippen LogP) is 4.90. The van der Waals surface area contributed by atoms with Gasteiger partial charge in [-0.15, -0.1) is 0 Å². The van der Waals surface area contributed by atoms with Crippen LogP contribution in [0.5, 0.6) is 0 Å². The van der Waals surface area contributed by atoms with E-state index in [1.54, 1.807) is 0 Å². The van der Waals surface area contributed by atoms with Crippen LogP contribution in [0.1, 0.15) is 28.5 Å². The largest absolute Gasteiger partial charge is 0.367 e. The summed E-state index contributed by atoms with van der Waals surface area (Å²) in [4.78, 5) is 3.56. The summed E-state index contributed by atoms with van der Waals surface area (Å²) in [5, 5.41) is 1.32. The number of aromatic nitrogens is 1. The Morgan fingerprint density at radius 3 is 2.90 bits per heavy atom. The Morgan fingerprint density at radius 1 is 1.19 bits per heavy atom. The molecule has 21 heavy (non-hydrogen) atoms. The van der Waals surface area contributed by atoms with E-state index < -0.39 is 0 Å². The molecule has 0 saturated carbocycles. The SMILES string of the molecule is Cc1ccc(C2OCCc3c2[nH]c2ccccc32)c(Br)c1. The molecule has 1 atom stereocenters. The predicted molar refractivity (Wildman–Crippen MR) is 88.7 cm³/mol. The van der Waals surface area contributed by atoms with Gasteiger partial charge in [0.25, 0.3) is 0 Å². The standard InChI is InChI=1S/C18H16BrNO/c1-11-6-7-14(15(19)10-11)18-17-13(8-9-21-18)12-4-2-3-5-16(12)20-17/h2-7,10,18,20H,8-9H2,1H3. The van der Waals surface area contributed by atoms with Gasteiger partial charge in [0.05, 0.1) is 12.3 Å². The van der Waals surface area contributed by atoms with E-state index in [-0.39, 0.29) is 6.10 Å². The number of nitrogens with one attached hydrogen (secondary N) is 1. The van der Waals surface area contributed by atoms with Crippen LogP contribution < -0.4 is 0 Å². The molecule has 0 aliphatic carbocycles. The first-order chi connectivity index (χ1) is 10.2.